The van der Waals surface area contributed by atoms with Crippen molar-refractivity contribution in [3.05, 3.63) is 29.3 Å². The van der Waals surface area contributed by atoms with Gasteiger partial charge in [0.05, 0.1) is 6.54 Å². The Balaban J connectivity index is 1.81. The van der Waals surface area contributed by atoms with Crippen molar-refractivity contribution in [2.75, 3.05) is 13.6 Å². The van der Waals surface area contributed by atoms with Gasteiger partial charge >= 0.3 is 6.03 Å². The number of imide groups is 1. The normalized spacial score (nSPS) is 24.4. The molecule has 1 heterocycles. The number of carbonyl (C=O) groups is 3. The van der Waals surface area contributed by atoms with Crippen LogP contribution in [0.5, 0.6) is 5.75 Å². The average molecular weight is 358 g/mol. The van der Waals surface area contributed by atoms with Crippen LogP contribution >= 0.6 is 0 Å². The van der Waals surface area contributed by atoms with Crippen LogP contribution in [0.2, 0.25) is 0 Å². The second-order valence-electron chi connectivity index (χ2n) is 7.64. The number of carbonyl (C=O) groups excluding carboxylic acids is 3. The van der Waals surface area contributed by atoms with Gasteiger partial charge in [-0.3, -0.25) is 14.5 Å². The zero-order valence-corrected chi connectivity index (χ0v) is 15.6. The molecule has 3 rings (SSSR count). The molecule has 2 fully saturated rings. The first-order chi connectivity index (χ1) is 12.3. The van der Waals surface area contributed by atoms with Gasteiger partial charge in [0.15, 0.2) is 5.78 Å². The van der Waals surface area contributed by atoms with Gasteiger partial charge in [0.25, 0.3) is 5.91 Å². The van der Waals surface area contributed by atoms with E-state index in [9.17, 15) is 19.5 Å². The third kappa shape index (κ3) is 2.87. The summed E-state index contributed by atoms with van der Waals surface area (Å²) >= 11 is 0. The van der Waals surface area contributed by atoms with Gasteiger partial charge < -0.3 is 10.0 Å². The number of phenolic OH excluding ortho intramolecular Hbond substituents is 1. The van der Waals surface area contributed by atoms with Gasteiger partial charge in [-0.1, -0.05) is 31.4 Å². The third-order valence-corrected chi connectivity index (χ3v) is 6.13. The van der Waals surface area contributed by atoms with E-state index in [2.05, 4.69) is 0 Å². The SMILES string of the molecule is Cc1ccc(C(=O)CN2C(=O)N(C)C(C)(C3CCCCC3)C2=O)cc1O. The number of hydrogen-bond donors (Lipinski definition) is 1. The monoisotopic (exact) mass is 358 g/mol. The first kappa shape index (κ1) is 18.4. The second-order valence-corrected chi connectivity index (χ2v) is 7.64. The van der Waals surface area contributed by atoms with Crippen LogP contribution in [0.4, 0.5) is 4.79 Å². The Bertz CT molecular complexity index is 754. The van der Waals surface area contributed by atoms with Crippen molar-refractivity contribution in [3.63, 3.8) is 0 Å². The lowest BCUT2D eigenvalue weighted by atomic mass is 9.75. The number of urea groups is 1. The van der Waals surface area contributed by atoms with Crippen LogP contribution in [-0.4, -0.2) is 51.8 Å². The minimum absolute atomic E-state index is 0.0269. The van der Waals surface area contributed by atoms with Crippen LogP contribution in [0.3, 0.4) is 0 Å². The van der Waals surface area contributed by atoms with Crippen LogP contribution in [0, 0.1) is 12.8 Å². The molecule has 1 N–H and O–H groups in total. The standard InChI is InChI=1S/C20H26N2O4/c1-13-9-10-14(11-16(13)23)17(24)12-22-18(25)20(2,21(3)19(22)26)15-7-5-4-6-8-15/h9-11,15,23H,4-8,12H2,1-3H3. The third-order valence-electron chi connectivity index (χ3n) is 6.13. The molecule has 1 atom stereocenters. The molecule has 1 saturated heterocycles. The molecule has 3 amide bonds. The Hall–Kier alpha value is -2.37. The summed E-state index contributed by atoms with van der Waals surface area (Å²) in [6.45, 7) is 3.26. The molecule has 2 aliphatic rings. The molecule has 26 heavy (non-hydrogen) atoms. The maximum atomic E-state index is 13.1. The van der Waals surface area contributed by atoms with E-state index < -0.39 is 11.6 Å². The summed E-state index contributed by atoms with van der Waals surface area (Å²) in [5.74, 6) is -0.495. The summed E-state index contributed by atoms with van der Waals surface area (Å²) in [6, 6.07) is 4.21. The summed E-state index contributed by atoms with van der Waals surface area (Å²) in [4.78, 5) is 40.9. The number of aromatic hydroxyl groups is 1. The Morgan fingerprint density at radius 3 is 2.50 bits per heavy atom. The topological polar surface area (TPSA) is 77.9 Å². The smallest absolute Gasteiger partial charge is 0.327 e. The second kappa shape index (κ2) is 6.74. The van der Waals surface area contributed by atoms with E-state index in [-0.39, 0.29) is 29.9 Å². The number of aryl methyl sites for hydroxylation is 1. The fourth-order valence-electron chi connectivity index (χ4n) is 4.15. The quantitative estimate of drug-likeness (QED) is 0.663. The molecule has 1 unspecified atom stereocenters. The first-order valence-electron chi connectivity index (χ1n) is 9.19. The van der Waals surface area contributed by atoms with E-state index in [1.807, 2.05) is 6.92 Å². The van der Waals surface area contributed by atoms with E-state index in [1.165, 1.54) is 11.0 Å². The summed E-state index contributed by atoms with van der Waals surface area (Å²) in [5.41, 5.74) is 0.0785. The maximum Gasteiger partial charge on any atom is 0.327 e. The van der Waals surface area contributed by atoms with Crippen molar-refractivity contribution >= 4 is 17.7 Å². The van der Waals surface area contributed by atoms with E-state index in [0.29, 0.717) is 11.1 Å². The van der Waals surface area contributed by atoms with Crippen molar-refractivity contribution in [2.45, 2.75) is 51.5 Å². The van der Waals surface area contributed by atoms with Crippen molar-refractivity contribution in [3.8, 4) is 5.75 Å². The summed E-state index contributed by atoms with van der Waals surface area (Å²) in [7, 11) is 1.65. The van der Waals surface area contributed by atoms with Gasteiger partial charge in [-0.2, -0.15) is 0 Å². The van der Waals surface area contributed by atoms with E-state index in [1.54, 1.807) is 26.1 Å². The molecule has 1 aliphatic heterocycles. The Morgan fingerprint density at radius 2 is 1.88 bits per heavy atom. The summed E-state index contributed by atoms with van der Waals surface area (Å²) < 4.78 is 0. The largest absolute Gasteiger partial charge is 0.508 e. The van der Waals surface area contributed by atoms with Gasteiger partial charge in [-0.05, 0) is 44.2 Å². The lowest BCUT2D eigenvalue weighted by Crippen LogP contribution is -2.52. The number of hydrogen-bond acceptors (Lipinski definition) is 4. The number of likely N-dealkylation sites (N-methyl/N-ethyl adjacent to an activating group) is 1. The molecular formula is C20H26N2O4. The average Bonchev–Trinajstić information content (AvgIpc) is 2.81. The zero-order valence-electron chi connectivity index (χ0n) is 15.6. The minimum atomic E-state index is -0.882. The maximum absolute atomic E-state index is 13.1. The van der Waals surface area contributed by atoms with Crippen LogP contribution in [-0.2, 0) is 4.79 Å². The molecule has 0 aromatic heterocycles. The number of ketones is 1. The van der Waals surface area contributed by atoms with Gasteiger partial charge in [-0.25, -0.2) is 4.79 Å². The van der Waals surface area contributed by atoms with E-state index in [0.717, 1.165) is 37.0 Å². The van der Waals surface area contributed by atoms with Gasteiger partial charge in [-0.15, -0.1) is 0 Å². The van der Waals surface area contributed by atoms with Crippen molar-refractivity contribution < 1.29 is 19.5 Å². The highest BCUT2D eigenvalue weighted by Gasteiger charge is 2.56. The molecule has 1 aliphatic carbocycles. The lowest BCUT2D eigenvalue weighted by molar-refractivity contribution is -0.135. The molecule has 0 radical (unpaired) electrons. The fraction of sp³-hybridized carbons (Fsp3) is 0.550. The molecule has 1 aromatic rings. The van der Waals surface area contributed by atoms with Crippen LogP contribution in [0.25, 0.3) is 0 Å². The molecule has 6 nitrogen and oxygen atoms in total. The Kier molecular flexibility index (Phi) is 4.78. The molecule has 140 valence electrons. The van der Waals surface area contributed by atoms with Crippen molar-refractivity contribution in [1.82, 2.24) is 9.80 Å². The summed E-state index contributed by atoms with van der Waals surface area (Å²) in [5, 5.41) is 9.80. The highest BCUT2D eigenvalue weighted by atomic mass is 16.3. The molecular weight excluding hydrogens is 332 g/mol. The Labute approximate surface area is 153 Å². The molecule has 1 saturated carbocycles. The minimum Gasteiger partial charge on any atom is -0.508 e. The lowest BCUT2D eigenvalue weighted by Gasteiger charge is -2.38. The zero-order chi connectivity index (χ0) is 19.1. The highest BCUT2D eigenvalue weighted by Crippen LogP contribution is 2.41. The molecule has 1 aromatic carbocycles. The van der Waals surface area contributed by atoms with Crippen molar-refractivity contribution in [2.24, 2.45) is 5.92 Å². The number of rotatable bonds is 4. The fourth-order valence-corrected chi connectivity index (χ4v) is 4.15. The van der Waals surface area contributed by atoms with Crippen LogP contribution in [0.1, 0.15) is 54.9 Å². The van der Waals surface area contributed by atoms with Gasteiger partial charge in [0.2, 0.25) is 0 Å². The van der Waals surface area contributed by atoms with E-state index >= 15 is 0 Å². The predicted molar refractivity (Wildman–Crippen MR) is 97.0 cm³/mol. The number of Topliss-reactive ketones (excluding diaryl/α,β-unsaturated/α-hetero) is 1. The molecule has 0 spiro atoms. The first-order valence-corrected chi connectivity index (χ1v) is 9.19. The van der Waals surface area contributed by atoms with Crippen LogP contribution < -0.4 is 0 Å². The van der Waals surface area contributed by atoms with Gasteiger partial charge in [0, 0.05) is 12.6 Å². The summed E-state index contributed by atoms with van der Waals surface area (Å²) in [6.07, 6.45) is 5.15. The molecule has 0 bridgehead atoms. The number of amides is 3. The number of nitrogens with zero attached hydrogens (tertiary/aromatic N) is 2. The van der Waals surface area contributed by atoms with Crippen LogP contribution in [0.15, 0.2) is 18.2 Å². The van der Waals surface area contributed by atoms with E-state index in [4.69, 9.17) is 0 Å². The van der Waals surface area contributed by atoms with Crippen molar-refractivity contribution in [1.29, 1.82) is 0 Å². The number of phenols is 1. The number of benzene rings is 1. The van der Waals surface area contributed by atoms with Gasteiger partial charge in [0.1, 0.15) is 11.3 Å². The Morgan fingerprint density at radius 1 is 1.23 bits per heavy atom. The predicted octanol–water partition coefficient (Wildman–Crippen LogP) is 3.12. The highest BCUT2D eigenvalue weighted by molar-refractivity contribution is 6.11. The molecule has 6 heteroatoms.